The number of urea groups is 1. The molecule has 2 N–H and O–H groups in total. The average molecular weight is 416 g/mol. The standard InChI is InChI=1S/C26H29N3O2/c1-18-14-19(2)25(20(3)15-18)28-24(30)17-29(4)26(31)27-23-13-9-8-12-22(23)16-21-10-6-5-7-11-21/h5-15H,16-17H2,1-4H3,(H,27,31)(H,28,30). The highest BCUT2D eigenvalue weighted by molar-refractivity contribution is 5.98. The zero-order valence-corrected chi connectivity index (χ0v) is 18.5. The van der Waals surface area contributed by atoms with E-state index in [4.69, 9.17) is 0 Å². The SMILES string of the molecule is Cc1cc(C)c(NC(=O)CN(C)C(=O)Nc2ccccc2Cc2ccccc2)c(C)c1. The summed E-state index contributed by atoms with van der Waals surface area (Å²) in [5.41, 5.74) is 6.90. The van der Waals surface area contributed by atoms with Crippen LogP contribution in [0.4, 0.5) is 16.2 Å². The lowest BCUT2D eigenvalue weighted by molar-refractivity contribution is -0.116. The Balaban J connectivity index is 1.63. The van der Waals surface area contributed by atoms with Crippen LogP contribution in [0.1, 0.15) is 27.8 Å². The van der Waals surface area contributed by atoms with E-state index in [1.165, 1.54) is 10.5 Å². The topological polar surface area (TPSA) is 61.4 Å². The molecule has 160 valence electrons. The van der Waals surface area contributed by atoms with Crippen LogP contribution in [0.2, 0.25) is 0 Å². The Hall–Kier alpha value is -3.60. The quantitative estimate of drug-likeness (QED) is 0.573. The number of para-hydroxylation sites is 1. The number of nitrogens with one attached hydrogen (secondary N) is 2. The molecule has 0 unspecified atom stereocenters. The molecular weight excluding hydrogens is 386 g/mol. The van der Waals surface area contributed by atoms with E-state index in [0.717, 1.165) is 33.6 Å². The van der Waals surface area contributed by atoms with Crippen LogP contribution >= 0.6 is 0 Å². The van der Waals surface area contributed by atoms with Gasteiger partial charge in [-0.3, -0.25) is 4.79 Å². The van der Waals surface area contributed by atoms with Crippen molar-refractivity contribution in [1.29, 1.82) is 0 Å². The van der Waals surface area contributed by atoms with Crippen molar-refractivity contribution in [1.82, 2.24) is 4.90 Å². The maximum absolute atomic E-state index is 12.7. The molecule has 0 atom stereocenters. The third-order valence-corrected chi connectivity index (χ3v) is 5.17. The first kappa shape index (κ1) is 22.1. The molecule has 31 heavy (non-hydrogen) atoms. The van der Waals surface area contributed by atoms with Crippen LogP contribution in [0.25, 0.3) is 0 Å². The summed E-state index contributed by atoms with van der Waals surface area (Å²) < 4.78 is 0. The first-order valence-corrected chi connectivity index (χ1v) is 10.3. The minimum atomic E-state index is -0.326. The molecule has 5 nitrogen and oxygen atoms in total. The van der Waals surface area contributed by atoms with Gasteiger partial charge in [0.15, 0.2) is 0 Å². The van der Waals surface area contributed by atoms with Crippen LogP contribution in [0, 0.1) is 20.8 Å². The molecule has 0 aliphatic heterocycles. The predicted octanol–water partition coefficient (Wildman–Crippen LogP) is 5.31. The summed E-state index contributed by atoms with van der Waals surface area (Å²) in [4.78, 5) is 26.6. The van der Waals surface area contributed by atoms with Crippen LogP contribution in [0.15, 0.2) is 66.7 Å². The van der Waals surface area contributed by atoms with Crippen LogP contribution in [0.5, 0.6) is 0 Å². The highest BCUT2D eigenvalue weighted by atomic mass is 16.2. The normalized spacial score (nSPS) is 10.5. The van der Waals surface area contributed by atoms with Gasteiger partial charge in [0.1, 0.15) is 6.54 Å². The molecule has 0 radical (unpaired) electrons. The third kappa shape index (κ3) is 5.95. The fraction of sp³-hybridized carbons (Fsp3) is 0.231. The van der Waals surface area contributed by atoms with E-state index in [-0.39, 0.29) is 18.5 Å². The number of amides is 3. The van der Waals surface area contributed by atoms with Crippen molar-refractivity contribution in [2.45, 2.75) is 27.2 Å². The molecule has 5 heteroatoms. The maximum Gasteiger partial charge on any atom is 0.322 e. The van der Waals surface area contributed by atoms with Crippen molar-refractivity contribution in [2.75, 3.05) is 24.2 Å². The number of nitrogens with zero attached hydrogens (tertiary/aromatic N) is 1. The van der Waals surface area contributed by atoms with Crippen LogP contribution in [-0.2, 0) is 11.2 Å². The van der Waals surface area contributed by atoms with Crippen LogP contribution in [0.3, 0.4) is 0 Å². The van der Waals surface area contributed by atoms with Gasteiger partial charge < -0.3 is 15.5 Å². The van der Waals surface area contributed by atoms with E-state index in [1.54, 1.807) is 7.05 Å². The van der Waals surface area contributed by atoms with Gasteiger partial charge in [-0.05, 0) is 55.5 Å². The summed E-state index contributed by atoms with van der Waals surface area (Å²) in [6, 6.07) is 21.6. The Morgan fingerprint density at radius 1 is 0.839 bits per heavy atom. The van der Waals surface area contributed by atoms with Gasteiger partial charge in [-0.25, -0.2) is 4.79 Å². The van der Waals surface area contributed by atoms with Crippen molar-refractivity contribution >= 4 is 23.3 Å². The van der Waals surface area contributed by atoms with Crippen molar-refractivity contribution in [3.8, 4) is 0 Å². The van der Waals surface area contributed by atoms with Crippen molar-refractivity contribution in [2.24, 2.45) is 0 Å². The molecular formula is C26H29N3O2. The van der Waals surface area contributed by atoms with Gasteiger partial charge in [-0.1, -0.05) is 66.2 Å². The number of benzene rings is 3. The van der Waals surface area contributed by atoms with E-state index in [9.17, 15) is 9.59 Å². The highest BCUT2D eigenvalue weighted by Crippen LogP contribution is 2.22. The Kier molecular flexibility index (Phi) is 7.08. The van der Waals surface area contributed by atoms with Gasteiger partial charge in [0.05, 0.1) is 0 Å². The monoisotopic (exact) mass is 415 g/mol. The number of carbonyl (C=O) groups is 2. The van der Waals surface area contributed by atoms with Gasteiger partial charge in [-0.2, -0.15) is 0 Å². The fourth-order valence-electron chi connectivity index (χ4n) is 3.67. The molecule has 3 rings (SSSR count). The molecule has 0 fully saturated rings. The summed E-state index contributed by atoms with van der Waals surface area (Å²) in [5, 5.41) is 5.88. The lowest BCUT2D eigenvalue weighted by atomic mass is 10.0. The summed E-state index contributed by atoms with van der Waals surface area (Å²) in [5.74, 6) is -0.231. The summed E-state index contributed by atoms with van der Waals surface area (Å²) in [6.45, 7) is 5.92. The molecule has 0 saturated heterocycles. The average Bonchev–Trinajstić information content (AvgIpc) is 2.73. The minimum Gasteiger partial charge on any atom is -0.324 e. The molecule has 3 aromatic carbocycles. The number of anilines is 2. The van der Waals surface area contributed by atoms with E-state index in [0.29, 0.717) is 6.42 Å². The molecule has 0 aliphatic rings. The lowest BCUT2D eigenvalue weighted by Crippen LogP contribution is -2.38. The molecule has 0 saturated carbocycles. The highest BCUT2D eigenvalue weighted by Gasteiger charge is 2.16. The number of aryl methyl sites for hydroxylation is 3. The molecule has 0 spiro atoms. The summed E-state index contributed by atoms with van der Waals surface area (Å²) in [7, 11) is 1.61. The van der Waals surface area contributed by atoms with Gasteiger partial charge >= 0.3 is 6.03 Å². The first-order valence-electron chi connectivity index (χ1n) is 10.3. The number of carbonyl (C=O) groups excluding carboxylic acids is 2. The second-order valence-corrected chi connectivity index (χ2v) is 7.93. The number of hydrogen-bond acceptors (Lipinski definition) is 2. The summed E-state index contributed by atoms with van der Waals surface area (Å²) in [6.07, 6.45) is 0.716. The second-order valence-electron chi connectivity index (χ2n) is 7.93. The third-order valence-electron chi connectivity index (χ3n) is 5.17. The van der Waals surface area contributed by atoms with Gasteiger partial charge in [0.25, 0.3) is 0 Å². The van der Waals surface area contributed by atoms with Gasteiger partial charge in [0.2, 0.25) is 5.91 Å². The van der Waals surface area contributed by atoms with Crippen molar-refractivity contribution < 1.29 is 9.59 Å². The van der Waals surface area contributed by atoms with Crippen molar-refractivity contribution in [3.05, 3.63) is 94.5 Å². The zero-order chi connectivity index (χ0) is 22.4. The van der Waals surface area contributed by atoms with Crippen molar-refractivity contribution in [3.63, 3.8) is 0 Å². The molecule has 0 aliphatic carbocycles. The largest absolute Gasteiger partial charge is 0.324 e. The summed E-state index contributed by atoms with van der Waals surface area (Å²) >= 11 is 0. The van der Waals surface area contributed by atoms with E-state index < -0.39 is 0 Å². The Bertz CT molecular complexity index is 1050. The number of hydrogen-bond donors (Lipinski definition) is 2. The zero-order valence-electron chi connectivity index (χ0n) is 18.5. The molecule has 0 aromatic heterocycles. The van der Waals surface area contributed by atoms with Gasteiger partial charge in [-0.15, -0.1) is 0 Å². The fourth-order valence-corrected chi connectivity index (χ4v) is 3.67. The van der Waals surface area contributed by atoms with Crippen LogP contribution < -0.4 is 10.6 Å². The Morgan fingerprint density at radius 3 is 2.13 bits per heavy atom. The van der Waals surface area contributed by atoms with E-state index in [2.05, 4.69) is 22.8 Å². The molecule has 0 bridgehead atoms. The first-order chi connectivity index (χ1) is 14.8. The molecule has 3 amide bonds. The Labute approximate surface area is 184 Å². The van der Waals surface area contributed by atoms with E-state index in [1.807, 2.05) is 75.4 Å². The Morgan fingerprint density at radius 2 is 1.45 bits per heavy atom. The van der Waals surface area contributed by atoms with Gasteiger partial charge in [0, 0.05) is 18.4 Å². The maximum atomic E-state index is 12.7. The minimum absolute atomic E-state index is 0.0422. The predicted molar refractivity (Wildman–Crippen MR) is 127 cm³/mol. The molecule has 0 heterocycles. The molecule has 3 aromatic rings. The second kappa shape index (κ2) is 9.94. The lowest BCUT2D eigenvalue weighted by Gasteiger charge is -2.20. The van der Waals surface area contributed by atoms with E-state index >= 15 is 0 Å². The smallest absolute Gasteiger partial charge is 0.322 e. The number of likely N-dealkylation sites (N-methyl/N-ethyl adjacent to an activating group) is 1. The van der Waals surface area contributed by atoms with Crippen LogP contribution in [-0.4, -0.2) is 30.4 Å². The number of rotatable bonds is 6.